The van der Waals surface area contributed by atoms with Gasteiger partial charge >= 0.3 is 0 Å². The molecule has 72 heavy (non-hydrogen) atoms. The topological polar surface area (TPSA) is 6.48 Å². The molecular weight excluding hydrogens is 869 g/mol. The van der Waals surface area contributed by atoms with E-state index in [2.05, 4.69) is 292 Å². The van der Waals surface area contributed by atoms with Crippen molar-refractivity contribution in [2.45, 2.75) is 38.5 Å². The van der Waals surface area contributed by atoms with Crippen molar-refractivity contribution in [3.05, 3.63) is 277 Å². The Hall–Kier alpha value is -8.72. The van der Waals surface area contributed by atoms with Gasteiger partial charge in [-0.1, -0.05) is 216 Å². The third-order valence-electron chi connectivity index (χ3n) is 15.6. The number of hydrogen-bond acceptors (Lipinski definition) is 2. The van der Waals surface area contributed by atoms with Crippen LogP contribution in [0.1, 0.15) is 49.9 Å². The molecule has 11 aromatic rings. The molecule has 344 valence electrons. The second kappa shape index (κ2) is 17.0. The normalized spacial score (nSPS) is 13.5. The lowest BCUT2D eigenvalue weighted by molar-refractivity contribution is 0.660. The molecule has 2 aliphatic carbocycles. The summed E-state index contributed by atoms with van der Waals surface area (Å²) in [7, 11) is 0. The van der Waals surface area contributed by atoms with Gasteiger partial charge in [0.05, 0.1) is 5.69 Å². The van der Waals surface area contributed by atoms with Crippen molar-refractivity contribution in [3.63, 3.8) is 0 Å². The molecule has 0 unspecified atom stereocenters. The zero-order valence-electron chi connectivity index (χ0n) is 41.1. The van der Waals surface area contributed by atoms with Crippen LogP contribution in [-0.2, 0) is 10.8 Å². The summed E-state index contributed by atoms with van der Waals surface area (Å²) >= 11 is 0. The average molecular weight is 923 g/mol. The van der Waals surface area contributed by atoms with Crippen molar-refractivity contribution in [1.29, 1.82) is 0 Å². The van der Waals surface area contributed by atoms with Crippen LogP contribution in [0.3, 0.4) is 0 Å². The number of fused-ring (bicyclic) bond motifs is 7. The molecule has 0 aliphatic heterocycles. The molecule has 2 aliphatic rings. The van der Waals surface area contributed by atoms with Gasteiger partial charge in [0, 0.05) is 44.7 Å². The maximum absolute atomic E-state index is 2.47. The fraction of sp³-hybridized carbons (Fsp3) is 0.0857. The first-order valence-electron chi connectivity index (χ1n) is 25.2. The van der Waals surface area contributed by atoms with Crippen molar-refractivity contribution < 1.29 is 0 Å². The van der Waals surface area contributed by atoms with Crippen LogP contribution in [0, 0.1) is 0 Å². The van der Waals surface area contributed by atoms with Crippen molar-refractivity contribution in [2.24, 2.45) is 0 Å². The van der Waals surface area contributed by atoms with Crippen LogP contribution in [0.15, 0.2) is 255 Å². The Balaban J connectivity index is 0.931. The molecule has 0 N–H and O–H groups in total. The highest BCUT2D eigenvalue weighted by Gasteiger charge is 2.37. The fourth-order valence-electron chi connectivity index (χ4n) is 12.0. The Bertz CT molecular complexity index is 3860. The lowest BCUT2D eigenvalue weighted by Crippen LogP contribution is -2.16. The van der Waals surface area contributed by atoms with E-state index in [-0.39, 0.29) is 10.8 Å². The first-order chi connectivity index (χ1) is 35.2. The summed E-state index contributed by atoms with van der Waals surface area (Å²) < 4.78 is 0. The molecule has 0 atom stereocenters. The Morgan fingerprint density at radius 3 is 1.21 bits per heavy atom. The molecule has 0 aromatic heterocycles. The minimum atomic E-state index is -0.138. The smallest absolute Gasteiger partial charge is 0.0540 e. The fourth-order valence-corrected chi connectivity index (χ4v) is 12.0. The molecule has 0 spiro atoms. The van der Waals surface area contributed by atoms with E-state index in [9.17, 15) is 0 Å². The molecule has 0 heterocycles. The highest BCUT2D eigenvalue weighted by molar-refractivity contribution is 6.06. The summed E-state index contributed by atoms with van der Waals surface area (Å²) in [6.45, 7) is 9.45. The van der Waals surface area contributed by atoms with Crippen LogP contribution in [0.2, 0.25) is 0 Å². The van der Waals surface area contributed by atoms with Gasteiger partial charge in [-0.25, -0.2) is 0 Å². The molecular formula is C70H54N2. The van der Waals surface area contributed by atoms with E-state index < -0.39 is 0 Å². The van der Waals surface area contributed by atoms with Gasteiger partial charge in [-0.05, 0) is 150 Å². The molecule has 0 saturated heterocycles. The highest BCUT2D eigenvalue weighted by Crippen LogP contribution is 2.53. The van der Waals surface area contributed by atoms with Crippen LogP contribution in [-0.4, -0.2) is 0 Å². The van der Waals surface area contributed by atoms with Crippen LogP contribution in [0.4, 0.5) is 34.1 Å². The Morgan fingerprint density at radius 1 is 0.236 bits per heavy atom. The molecule has 11 aromatic carbocycles. The van der Waals surface area contributed by atoms with Gasteiger partial charge in [-0.3, -0.25) is 0 Å². The van der Waals surface area contributed by atoms with E-state index in [0.717, 1.165) is 34.1 Å². The predicted molar refractivity (Wildman–Crippen MR) is 305 cm³/mol. The Labute approximate surface area is 423 Å². The summed E-state index contributed by atoms with van der Waals surface area (Å²) in [6, 6.07) is 94.1. The lowest BCUT2D eigenvalue weighted by atomic mass is 9.82. The number of nitrogens with zero attached hydrogens (tertiary/aromatic N) is 2. The number of hydrogen-bond donors (Lipinski definition) is 0. The van der Waals surface area contributed by atoms with E-state index in [0.29, 0.717) is 0 Å². The maximum atomic E-state index is 2.47. The van der Waals surface area contributed by atoms with Crippen LogP contribution >= 0.6 is 0 Å². The average Bonchev–Trinajstić information content (AvgIpc) is 3.80. The first-order valence-corrected chi connectivity index (χ1v) is 25.2. The second-order valence-corrected chi connectivity index (χ2v) is 20.5. The zero-order valence-corrected chi connectivity index (χ0v) is 41.1. The molecule has 0 bridgehead atoms. The molecule has 0 fully saturated rings. The molecule has 0 amide bonds. The summed E-state index contributed by atoms with van der Waals surface area (Å²) in [5, 5.41) is 2.39. The number of benzene rings is 11. The van der Waals surface area contributed by atoms with E-state index >= 15 is 0 Å². The van der Waals surface area contributed by atoms with Crippen molar-refractivity contribution in [3.8, 4) is 55.6 Å². The molecule has 2 nitrogen and oxygen atoms in total. The molecule has 0 saturated carbocycles. The predicted octanol–water partition coefficient (Wildman–Crippen LogP) is 19.4. The van der Waals surface area contributed by atoms with Gasteiger partial charge in [-0.15, -0.1) is 0 Å². The van der Waals surface area contributed by atoms with Gasteiger partial charge < -0.3 is 9.80 Å². The number of rotatable bonds is 9. The first kappa shape index (κ1) is 43.3. The van der Waals surface area contributed by atoms with Gasteiger partial charge in [0.15, 0.2) is 0 Å². The van der Waals surface area contributed by atoms with Gasteiger partial charge in [0.1, 0.15) is 0 Å². The summed E-state index contributed by atoms with van der Waals surface area (Å²) in [6.07, 6.45) is 0. The quantitative estimate of drug-likeness (QED) is 0.142. The second-order valence-electron chi connectivity index (χ2n) is 20.5. The van der Waals surface area contributed by atoms with E-state index in [1.165, 1.54) is 88.7 Å². The number of anilines is 6. The Morgan fingerprint density at radius 2 is 0.639 bits per heavy atom. The monoisotopic (exact) mass is 922 g/mol. The van der Waals surface area contributed by atoms with Crippen LogP contribution < -0.4 is 9.80 Å². The van der Waals surface area contributed by atoms with Crippen LogP contribution in [0.25, 0.3) is 66.4 Å². The van der Waals surface area contributed by atoms with Gasteiger partial charge in [-0.2, -0.15) is 0 Å². The molecule has 0 radical (unpaired) electrons. The van der Waals surface area contributed by atoms with E-state index in [4.69, 9.17) is 0 Å². The lowest BCUT2D eigenvalue weighted by Gasteiger charge is -2.30. The third kappa shape index (κ3) is 7.09. The summed E-state index contributed by atoms with van der Waals surface area (Å²) in [4.78, 5) is 4.90. The molecule has 2 heteroatoms. The Kier molecular flexibility index (Phi) is 10.2. The molecule has 13 rings (SSSR count). The SMILES string of the molecule is CC1(C)c2ccccc2-c2ccc(N(c3ccc(-c4cccc5c(N(c6cccc(-c7ccccc7)c6)c6ccc7c(c6)C(C)(C)c6ccccc6-7)cccc45)cc3)c3cccc(-c4ccccc4)c3)cc21. The summed E-state index contributed by atoms with van der Waals surface area (Å²) in [5.41, 5.74) is 24.3. The third-order valence-corrected chi connectivity index (χ3v) is 15.6. The van der Waals surface area contributed by atoms with Crippen molar-refractivity contribution in [2.75, 3.05) is 9.80 Å². The van der Waals surface area contributed by atoms with Gasteiger partial charge in [0.2, 0.25) is 0 Å². The summed E-state index contributed by atoms with van der Waals surface area (Å²) in [5.74, 6) is 0. The highest BCUT2D eigenvalue weighted by atomic mass is 15.1. The van der Waals surface area contributed by atoms with Crippen molar-refractivity contribution in [1.82, 2.24) is 0 Å². The minimum absolute atomic E-state index is 0.125. The standard InChI is InChI=1S/C70H54N2/c1-69(2)64-32-13-11-27-59(64)61-41-39-55(45-66(61)69)71(53-25-15-23-50(43-53)47-19-7-5-8-20-47)52-37-35-49(36-38-52)57-29-17-31-63-58(57)30-18-34-68(63)72(54-26-16-24-51(44-54)48-21-9-6-10-22-48)56-40-42-62-60-28-12-14-33-65(60)70(3,4)67(62)46-56/h5-46H,1-4H3. The van der Waals surface area contributed by atoms with Crippen LogP contribution in [0.5, 0.6) is 0 Å². The zero-order chi connectivity index (χ0) is 48.6. The minimum Gasteiger partial charge on any atom is -0.310 e. The maximum Gasteiger partial charge on any atom is 0.0540 e. The van der Waals surface area contributed by atoms with Crippen molar-refractivity contribution >= 4 is 44.9 Å². The van der Waals surface area contributed by atoms with E-state index in [1.807, 2.05) is 0 Å². The van der Waals surface area contributed by atoms with E-state index in [1.54, 1.807) is 0 Å². The largest absolute Gasteiger partial charge is 0.310 e. The van der Waals surface area contributed by atoms with Gasteiger partial charge in [0.25, 0.3) is 0 Å².